The first-order valence-corrected chi connectivity index (χ1v) is 8.21. The molecule has 0 atom stereocenters. The van der Waals surface area contributed by atoms with Gasteiger partial charge in [0.1, 0.15) is 5.69 Å². The lowest BCUT2D eigenvalue weighted by molar-refractivity contribution is -0.149. The number of carbonyl (C=O) groups is 1. The molecular formula is C14H17F2N11O2. The molecule has 29 heavy (non-hydrogen) atoms. The van der Waals surface area contributed by atoms with Crippen molar-refractivity contribution < 1.29 is 18.4 Å². The van der Waals surface area contributed by atoms with Crippen LogP contribution in [0.1, 0.15) is 34.0 Å². The number of hydroxylamine groups is 2. The Morgan fingerprint density at radius 1 is 1.24 bits per heavy atom. The summed E-state index contributed by atoms with van der Waals surface area (Å²) in [6, 6.07) is 2.34. The van der Waals surface area contributed by atoms with Gasteiger partial charge in [0.15, 0.2) is 5.82 Å². The van der Waals surface area contributed by atoms with Crippen molar-refractivity contribution in [3.05, 3.63) is 34.9 Å². The van der Waals surface area contributed by atoms with Gasteiger partial charge in [0.05, 0.1) is 38.5 Å². The first kappa shape index (κ1) is 20.3. The Labute approximate surface area is 162 Å². The van der Waals surface area contributed by atoms with Crippen molar-refractivity contribution in [2.45, 2.75) is 19.5 Å². The molecule has 15 heteroatoms. The van der Waals surface area contributed by atoms with Gasteiger partial charge < -0.3 is 4.84 Å². The van der Waals surface area contributed by atoms with Crippen LogP contribution in [0.2, 0.25) is 0 Å². The molecule has 13 nitrogen and oxygen atoms in total. The van der Waals surface area contributed by atoms with Crippen molar-refractivity contribution in [2.75, 3.05) is 12.4 Å². The van der Waals surface area contributed by atoms with Gasteiger partial charge in [-0.2, -0.15) is 9.86 Å². The zero-order valence-electron chi connectivity index (χ0n) is 15.7. The van der Waals surface area contributed by atoms with E-state index >= 15 is 0 Å². The number of carbonyl (C=O) groups excluding carboxylic acids is 1. The second kappa shape index (κ2) is 8.70. The number of amides is 1. The van der Waals surface area contributed by atoms with Crippen LogP contribution in [-0.2, 0) is 32.0 Å². The largest absolute Gasteiger partial charge is 0.301 e. The molecule has 1 amide bonds. The number of alkyl halides is 2. The van der Waals surface area contributed by atoms with Crippen molar-refractivity contribution in [3.63, 3.8) is 0 Å². The Bertz CT molecular complexity index is 990. The van der Waals surface area contributed by atoms with E-state index in [4.69, 9.17) is 4.84 Å². The van der Waals surface area contributed by atoms with Crippen molar-refractivity contribution >= 4 is 11.9 Å². The van der Waals surface area contributed by atoms with Crippen LogP contribution in [0, 0.1) is 0 Å². The smallest absolute Gasteiger partial charge is 0.280 e. The number of hydrogen-bond donors (Lipinski definition) is 1. The molecule has 1 N–H and O–H groups in total. The summed E-state index contributed by atoms with van der Waals surface area (Å²) < 4.78 is 27.5. The van der Waals surface area contributed by atoms with E-state index in [1.165, 1.54) is 34.8 Å². The summed E-state index contributed by atoms with van der Waals surface area (Å²) in [5.74, 6) is -0.179. The number of tetrazole rings is 2. The van der Waals surface area contributed by atoms with Crippen LogP contribution in [0.25, 0.3) is 0 Å². The minimum atomic E-state index is -2.80. The van der Waals surface area contributed by atoms with Crippen LogP contribution >= 0.6 is 0 Å². The Hall–Kier alpha value is -3.46. The van der Waals surface area contributed by atoms with Gasteiger partial charge >= 0.3 is 0 Å². The average Bonchev–Trinajstić information content (AvgIpc) is 3.28. The molecule has 0 aliphatic heterocycles. The molecule has 3 aromatic heterocycles. The van der Waals surface area contributed by atoms with E-state index in [1.807, 2.05) is 0 Å². The number of halogens is 2. The van der Waals surface area contributed by atoms with Crippen LogP contribution in [0.4, 0.5) is 14.7 Å². The van der Waals surface area contributed by atoms with E-state index in [9.17, 15) is 13.6 Å². The molecule has 0 aliphatic carbocycles. The molecule has 3 aromatic rings. The molecule has 0 aromatic carbocycles. The third-order valence-electron chi connectivity index (χ3n) is 3.76. The van der Waals surface area contributed by atoms with Gasteiger partial charge in [-0.05, 0) is 27.8 Å². The van der Waals surface area contributed by atoms with E-state index < -0.39 is 18.0 Å². The number of rotatable bonds is 8. The van der Waals surface area contributed by atoms with Crippen molar-refractivity contribution in [2.24, 2.45) is 14.1 Å². The number of nitrogens with zero attached hydrogens (tertiary/aromatic N) is 10. The molecule has 3 rings (SSSR count). The fourth-order valence-electron chi connectivity index (χ4n) is 2.37. The van der Waals surface area contributed by atoms with Gasteiger partial charge in [0.2, 0.25) is 5.95 Å². The maximum Gasteiger partial charge on any atom is 0.280 e. The SMILES string of the molecule is CON(Cc1nnn(C)n1)Cc1nc(C(F)F)ccc1C(=O)Nc1nnnn1C. The van der Waals surface area contributed by atoms with E-state index in [0.717, 1.165) is 6.07 Å². The summed E-state index contributed by atoms with van der Waals surface area (Å²) in [6.45, 7) is 0.00826. The second-order valence-corrected chi connectivity index (χ2v) is 5.79. The molecule has 0 unspecified atom stereocenters. The monoisotopic (exact) mass is 409 g/mol. The molecule has 0 radical (unpaired) electrons. The van der Waals surface area contributed by atoms with Gasteiger partial charge in [-0.3, -0.25) is 10.1 Å². The Morgan fingerprint density at radius 2 is 2.03 bits per heavy atom. The third kappa shape index (κ3) is 4.88. The van der Waals surface area contributed by atoms with Gasteiger partial charge in [0, 0.05) is 7.05 Å². The normalized spacial score (nSPS) is 11.4. The van der Waals surface area contributed by atoms with E-state index in [0.29, 0.717) is 5.82 Å². The maximum absolute atomic E-state index is 13.1. The highest BCUT2D eigenvalue weighted by Gasteiger charge is 2.21. The molecule has 0 aliphatic rings. The number of hydrogen-bond acceptors (Lipinski definition) is 10. The molecular weight excluding hydrogens is 392 g/mol. The number of nitrogens with one attached hydrogen (secondary N) is 1. The van der Waals surface area contributed by atoms with Crippen LogP contribution in [-0.4, -0.2) is 63.5 Å². The zero-order chi connectivity index (χ0) is 21.0. The van der Waals surface area contributed by atoms with Crippen LogP contribution in [0.5, 0.6) is 0 Å². The fourth-order valence-corrected chi connectivity index (χ4v) is 2.37. The number of pyridine rings is 1. The third-order valence-corrected chi connectivity index (χ3v) is 3.76. The van der Waals surface area contributed by atoms with Gasteiger partial charge in [-0.1, -0.05) is 5.10 Å². The first-order valence-electron chi connectivity index (χ1n) is 8.21. The fraction of sp³-hybridized carbons (Fsp3) is 0.429. The zero-order valence-corrected chi connectivity index (χ0v) is 15.7. The molecule has 0 spiro atoms. The molecule has 3 heterocycles. The Kier molecular flexibility index (Phi) is 6.08. The predicted molar refractivity (Wildman–Crippen MR) is 91.0 cm³/mol. The summed E-state index contributed by atoms with van der Waals surface area (Å²) in [5, 5.41) is 26.1. The highest BCUT2D eigenvalue weighted by Crippen LogP contribution is 2.20. The van der Waals surface area contributed by atoms with Crippen LogP contribution in [0.15, 0.2) is 12.1 Å². The first-order chi connectivity index (χ1) is 13.9. The van der Waals surface area contributed by atoms with Gasteiger partial charge in [-0.25, -0.2) is 18.4 Å². The number of aromatic nitrogens is 9. The second-order valence-electron chi connectivity index (χ2n) is 5.79. The highest BCUT2D eigenvalue weighted by atomic mass is 19.3. The lowest BCUT2D eigenvalue weighted by atomic mass is 10.1. The van der Waals surface area contributed by atoms with E-state index in [-0.39, 0.29) is 30.3 Å². The van der Waals surface area contributed by atoms with Crippen molar-refractivity contribution in [1.29, 1.82) is 0 Å². The summed E-state index contributed by atoms with van der Waals surface area (Å²) in [5.41, 5.74) is -0.335. The molecule has 154 valence electrons. The minimum Gasteiger partial charge on any atom is -0.301 e. The number of anilines is 1. The molecule has 0 bridgehead atoms. The number of aryl methyl sites for hydroxylation is 2. The summed E-state index contributed by atoms with van der Waals surface area (Å²) in [7, 11) is 4.53. The molecule has 0 fully saturated rings. The molecule has 0 saturated carbocycles. The van der Waals surface area contributed by atoms with Gasteiger partial charge in [0.25, 0.3) is 12.3 Å². The topological polar surface area (TPSA) is 142 Å². The summed E-state index contributed by atoms with van der Waals surface area (Å²) >= 11 is 0. The maximum atomic E-state index is 13.1. The Morgan fingerprint density at radius 3 is 2.62 bits per heavy atom. The van der Waals surface area contributed by atoms with E-state index in [1.54, 1.807) is 7.05 Å². The van der Waals surface area contributed by atoms with Gasteiger partial charge in [-0.15, -0.1) is 10.2 Å². The lowest BCUT2D eigenvalue weighted by Crippen LogP contribution is -2.26. The Balaban J connectivity index is 1.86. The average molecular weight is 409 g/mol. The summed E-state index contributed by atoms with van der Waals surface area (Å²) in [4.78, 5) is 23.1. The predicted octanol–water partition coefficient (Wildman–Crippen LogP) is -0.118. The lowest BCUT2D eigenvalue weighted by Gasteiger charge is -2.19. The quantitative estimate of drug-likeness (QED) is 0.500. The summed E-state index contributed by atoms with van der Waals surface area (Å²) in [6.07, 6.45) is -2.80. The van der Waals surface area contributed by atoms with E-state index in [2.05, 4.69) is 41.2 Å². The highest BCUT2D eigenvalue weighted by molar-refractivity contribution is 6.04. The van der Waals surface area contributed by atoms with Crippen molar-refractivity contribution in [1.82, 2.24) is 50.5 Å². The standard InChI is InChI=1S/C14H17F2N11O2/c1-25-14(20-22-24-25)18-13(28)8-4-5-9(12(15)16)17-10(8)6-27(29-3)7-11-19-23-26(2)21-11/h4-5,12H,6-7H2,1-3H3,(H,18,20,24,28). The van der Waals surface area contributed by atoms with Crippen LogP contribution < -0.4 is 5.32 Å². The van der Waals surface area contributed by atoms with Crippen LogP contribution in [0.3, 0.4) is 0 Å². The van der Waals surface area contributed by atoms with Crippen molar-refractivity contribution in [3.8, 4) is 0 Å². The molecule has 0 saturated heterocycles. The minimum absolute atomic E-state index is 0.0616.